The van der Waals surface area contributed by atoms with Crippen LogP contribution in [0, 0.1) is 0 Å². The molecule has 1 aliphatic rings. The van der Waals surface area contributed by atoms with Gasteiger partial charge in [0.1, 0.15) is 6.54 Å². The summed E-state index contributed by atoms with van der Waals surface area (Å²) in [6.45, 7) is 2.47. The van der Waals surface area contributed by atoms with Gasteiger partial charge in [0, 0.05) is 31.9 Å². The number of amides is 1. The number of piperazine rings is 1. The number of carbonyl (C=O) groups excluding carboxylic acids is 1. The Morgan fingerprint density at radius 3 is 2.19 bits per heavy atom. The van der Waals surface area contributed by atoms with E-state index in [4.69, 9.17) is 0 Å². The Morgan fingerprint density at radius 2 is 1.48 bits per heavy atom. The molecule has 0 aliphatic carbocycles. The van der Waals surface area contributed by atoms with Gasteiger partial charge in [-0.2, -0.15) is 0 Å². The van der Waals surface area contributed by atoms with E-state index < -0.39 is 0 Å². The first-order valence-electron chi connectivity index (χ1n) is 8.93. The lowest BCUT2D eigenvalue weighted by atomic mass is 10.2. The smallest absolute Gasteiger partial charge is 0.273 e. The molecule has 0 atom stereocenters. The number of anilines is 1. The second kappa shape index (κ2) is 7.11. The average molecular weight is 364 g/mol. The Labute approximate surface area is 155 Å². The Hall–Kier alpha value is -3.35. The minimum atomic E-state index is -0.369. The standard InChI is InChI=1S/C20H20N4O3/c25-18(23-12-10-22(11-13-23)15-6-2-1-3-7-15)14-24-20(27)17-9-5-4-8-16(17)19(26)21-24/h1-9H,10-14H2,(H,21,26). The maximum absolute atomic E-state index is 12.6. The number of hydrogen-bond acceptors (Lipinski definition) is 4. The van der Waals surface area contributed by atoms with Crippen LogP contribution < -0.4 is 16.0 Å². The van der Waals surface area contributed by atoms with Crippen molar-refractivity contribution >= 4 is 22.4 Å². The molecule has 138 valence electrons. The van der Waals surface area contributed by atoms with Crippen LogP contribution in [0.1, 0.15) is 0 Å². The number of hydrogen-bond donors (Lipinski definition) is 1. The second-order valence-corrected chi connectivity index (χ2v) is 6.58. The zero-order valence-electron chi connectivity index (χ0n) is 14.8. The SMILES string of the molecule is O=C(Cn1[nH]c(=O)c2ccccc2c1=O)N1CCN(c2ccccc2)CC1. The van der Waals surface area contributed by atoms with Gasteiger partial charge in [0.05, 0.1) is 10.8 Å². The normalized spacial score (nSPS) is 14.5. The largest absolute Gasteiger partial charge is 0.368 e. The lowest BCUT2D eigenvalue weighted by Gasteiger charge is -2.36. The van der Waals surface area contributed by atoms with Crippen molar-refractivity contribution in [3.8, 4) is 0 Å². The van der Waals surface area contributed by atoms with Crippen molar-refractivity contribution in [2.45, 2.75) is 6.54 Å². The molecular formula is C20H20N4O3. The topological polar surface area (TPSA) is 78.4 Å². The lowest BCUT2D eigenvalue weighted by molar-refractivity contribution is -0.132. The maximum atomic E-state index is 12.6. The number of aromatic nitrogens is 2. The van der Waals surface area contributed by atoms with Crippen LogP contribution >= 0.6 is 0 Å². The fraction of sp³-hybridized carbons (Fsp3) is 0.250. The molecule has 1 fully saturated rings. The van der Waals surface area contributed by atoms with Crippen LogP contribution in [0.2, 0.25) is 0 Å². The summed E-state index contributed by atoms with van der Waals surface area (Å²) in [7, 11) is 0. The summed E-state index contributed by atoms with van der Waals surface area (Å²) >= 11 is 0. The van der Waals surface area contributed by atoms with Gasteiger partial charge >= 0.3 is 0 Å². The number of nitrogens with one attached hydrogen (secondary N) is 1. The Kier molecular flexibility index (Phi) is 4.50. The van der Waals surface area contributed by atoms with Crippen molar-refractivity contribution in [1.29, 1.82) is 0 Å². The van der Waals surface area contributed by atoms with Gasteiger partial charge < -0.3 is 9.80 Å². The van der Waals surface area contributed by atoms with Crippen molar-refractivity contribution in [1.82, 2.24) is 14.7 Å². The third kappa shape index (κ3) is 3.36. The molecule has 1 N–H and O–H groups in total. The van der Waals surface area contributed by atoms with Crippen LogP contribution in [0.15, 0.2) is 64.2 Å². The van der Waals surface area contributed by atoms with Gasteiger partial charge in [-0.05, 0) is 24.3 Å². The molecule has 3 aromatic rings. The van der Waals surface area contributed by atoms with E-state index in [-0.39, 0.29) is 23.6 Å². The van der Waals surface area contributed by atoms with Crippen LogP contribution in [-0.2, 0) is 11.3 Å². The quantitative estimate of drug-likeness (QED) is 0.753. The number of H-pyrrole nitrogens is 1. The molecule has 0 saturated carbocycles. The van der Waals surface area contributed by atoms with Crippen LogP contribution in [0.3, 0.4) is 0 Å². The summed E-state index contributed by atoms with van der Waals surface area (Å²) in [5.74, 6) is -0.171. The number of carbonyl (C=O) groups is 1. The predicted octanol–water partition coefficient (Wildman–Crippen LogP) is 1.04. The van der Waals surface area contributed by atoms with Crippen LogP contribution in [0.25, 0.3) is 10.8 Å². The Balaban J connectivity index is 1.48. The van der Waals surface area contributed by atoms with E-state index in [1.807, 2.05) is 18.2 Å². The number of aromatic amines is 1. The first-order chi connectivity index (χ1) is 13.1. The van der Waals surface area contributed by atoms with Crippen molar-refractivity contribution in [2.24, 2.45) is 0 Å². The summed E-state index contributed by atoms with van der Waals surface area (Å²) < 4.78 is 1.11. The van der Waals surface area contributed by atoms with Crippen molar-refractivity contribution in [3.63, 3.8) is 0 Å². The third-order valence-corrected chi connectivity index (χ3v) is 4.93. The molecule has 27 heavy (non-hydrogen) atoms. The van der Waals surface area contributed by atoms with E-state index in [9.17, 15) is 14.4 Å². The maximum Gasteiger partial charge on any atom is 0.273 e. The third-order valence-electron chi connectivity index (χ3n) is 4.93. The van der Waals surface area contributed by atoms with Gasteiger partial charge in [-0.25, -0.2) is 4.68 Å². The van der Waals surface area contributed by atoms with Crippen molar-refractivity contribution < 1.29 is 4.79 Å². The molecule has 7 heteroatoms. The van der Waals surface area contributed by atoms with E-state index in [2.05, 4.69) is 22.1 Å². The lowest BCUT2D eigenvalue weighted by Crippen LogP contribution is -2.50. The number of benzene rings is 2. The molecule has 2 heterocycles. The van der Waals surface area contributed by atoms with Gasteiger partial charge in [0.25, 0.3) is 11.1 Å². The van der Waals surface area contributed by atoms with Gasteiger partial charge in [-0.1, -0.05) is 30.3 Å². The van der Waals surface area contributed by atoms with Gasteiger partial charge in [-0.15, -0.1) is 0 Å². The van der Waals surface area contributed by atoms with E-state index in [1.165, 1.54) is 0 Å². The van der Waals surface area contributed by atoms with Crippen LogP contribution in [0.5, 0.6) is 0 Å². The second-order valence-electron chi connectivity index (χ2n) is 6.58. The highest BCUT2D eigenvalue weighted by atomic mass is 16.2. The summed E-state index contributed by atoms with van der Waals surface area (Å²) in [4.78, 5) is 41.3. The fourth-order valence-electron chi connectivity index (χ4n) is 3.45. The highest BCUT2D eigenvalue weighted by molar-refractivity contribution is 5.81. The van der Waals surface area contributed by atoms with Gasteiger partial charge in [0.2, 0.25) is 5.91 Å². The van der Waals surface area contributed by atoms with Crippen LogP contribution in [0.4, 0.5) is 5.69 Å². The summed E-state index contributed by atoms with van der Waals surface area (Å²) in [6, 6.07) is 16.7. The zero-order valence-corrected chi connectivity index (χ0v) is 14.8. The Bertz CT molecular complexity index is 1080. The van der Waals surface area contributed by atoms with E-state index in [1.54, 1.807) is 29.2 Å². The Morgan fingerprint density at radius 1 is 0.852 bits per heavy atom. The van der Waals surface area contributed by atoms with Crippen molar-refractivity contribution in [2.75, 3.05) is 31.1 Å². The molecule has 0 bridgehead atoms. The minimum absolute atomic E-state index is 0.162. The molecule has 0 radical (unpaired) electrons. The molecule has 1 amide bonds. The molecule has 4 rings (SSSR count). The monoisotopic (exact) mass is 364 g/mol. The zero-order chi connectivity index (χ0) is 18.8. The summed E-state index contributed by atoms with van der Waals surface area (Å²) in [5, 5.41) is 3.17. The number of rotatable bonds is 3. The molecule has 2 aromatic carbocycles. The first kappa shape index (κ1) is 17.1. The first-order valence-corrected chi connectivity index (χ1v) is 8.93. The molecule has 1 saturated heterocycles. The molecule has 0 unspecified atom stereocenters. The van der Waals surface area contributed by atoms with E-state index >= 15 is 0 Å². The molecule has 0 spiro atoms. The van der Waals surface area contributed by atoms with Crippen molar-refractivity contribution in [3.05, 3.63) is 75.3 Å². The fourth-order valence-corrected chi connectivity index (χ4v) is 3.45. The molecule has 1 aliphatic heterocycles. The number of fused-ring (bicyclic) bond motifs is 1. The highest BCUT2D eigenvalue weighted by Crippen LogP contribution is 2.15. The van der Waals surface area contributed by atoms with Gasteiger partial charge in [-0.3, -0.25) is 19.5 Å². The van der Waals surface area contributed by atoms with Crippen LogP contribution in [-0.4, -0.2) is 46.8 Å². The predicted molar refractivity (Wildman–Crippen MR) is 104 cm³/mol. The van der Waals surface area contributed by atoms with E-state index in [0.717, 1.165) is 23.5 Å². The summed E-state index contributed by atoms with van der Waals surface area (Å²) in [6.07, 6.45) is 0. The van der Waals surface area contributed by atoms with E-state index in [0.29, 0.717) is 23.9 Å². The molecular weight excluding hydrogens is 344 g/mol. The van der Waals surface area contributed by atoms with Gasteiger partial charge in [0.15, 0.2) is 0 Å². The molecule has 7 nitrogen and oxygen atoms in total. The molecule has 1 aromatic heterocycles. The number of nitrogens with zero attached hydrogens (tertiary/aromatic N) is 3. The number of para-hydroxylation sites is 1. The highest BCUT2D eigenvalue weighted by Gasteiger charge is 2.22. The minimum Gasteiger partial charge on any atom is -0.368 e. The average Bonchev–Trinajstić information content (AvgIpc) is 2.72. The summed E-state index contributed by atoms with van der Waals surface area (Å²) in [5.41, 5.74) is 0.410.